The van der Waals surface area contributed by atoms with Crippen LogP contribution in [-0.4, -0.2) is 10.9 Å². The highest BCUT2D eigenvalue weighted by atomic mass is 35.5. The average Bonchev–Trinajstić information content (AvgIpc) is 3.03. The first-order valence-electron chi connectivity index (χ1n) is 7.03. The summed E-state index contributed by atoms with van der Waals surface area (Å²) in [6, 6.07) is 13.7. The second kappa shape index (κ2) is 6.85. The second-order valence-electron chi connectivity index (χ2n) is 5.05. The molecule has 0 saturated heterocycles. The number of halogens is 4. The zero-order chi connectivity index (χ0) is 18.0. The standard InChI is InChI=1S/C17H10ClF3N2OS/c18-11-5-3-4-10(8-11)12-6-1-2-7-13(12)15(24)23-16-22-14(9-25-16)17(19,20)21/h1-9H,(H,22,23,24). The van der Waals surface area contributed by atoms with E-state index < -0.39 is 17.8 Å². The summed E-state index contributed by atoms with van der Waals surface area (Å²) in [7, 11) is 0. The van der Waals surface area contributed by atoms with Crippen LogP contribution < -0.4 is 5.32 Å². The van der Waals surface area contributed by atoms with E-state index in [0.717, 1.165) is 22.3 Å². The number of amides is 1. The molecule has 128 valence electrons. The molecular weight excluding hydrogens is 373 g/mol. The Kier molecular flexibility index (Phi) is 4.78. The van der Waals surface area contributed by atoms with E-state index in [4.69, 9.17) is 11.6 Å². The number of benzene rings is 2. The maximum Gasteiger partial charge on any atom is 0.434 e. The van der Waals surface area contributed by atoms with Crippen molar-refractivity contribution in [3.05, 3.63) is 70.2 Å². The minimum absolute atomic E-state index is 0.113. The topological polar surface area (TPSA) is 42.0 Å². The minimum Gasteiger partial charge on any atom is -0.298 e. The molecule has 0 aliphatic heterocycles. The van der Waals surface area contributed by atoms with Gasteiger partial charge in [0.2, 0.25) is 0 Å². The van der Waals surface area contributed by atoms with Gasteiger partial charge < -0.3 is 0 Å². The molecule has 0 atom stereocenters. The fourth-order valence-corrected chi connectivity index (χ4v) is 3.12. The molecule has 8 heteroatoms. The summed E-state index contributed by atoms with van der Waals surface area (Å²) >= 11 is 6.71. The lowest BCUT2D eigenvalue weighted by Crippen LogP contribution is -2.13. The Bertz CT molecular complexity index is 924. The van der Waals surface area contributed by atoms with Crippen LogP contribution in [0.2, 0.25) is 5.02 Å². The van der Waals surface area contributed by atoms with E-state index in [0.29, 0.717) is 16.1 Å². The number of nitrogens with zero attached hydrogens (tertiary/aromatic N) is 1. The molecule has 3 rings (SSSR count). The lowest BCUT2D eigenvalue weighted by molar-refractivity contribution is -0.140. The average molecular weight is 383 g/mol. The summed E-state index contributed by atoms with van der Waals surface area (Å²) in [5.41, 5.74) is 0.632. The summed E-state index contributed by atoms with van der Waals surface area (Å²) in [6.45, 7) is 0. The van der Waals surface area contributed by atoms with E-state index in [9.17, 15) is 18.0 Å². The zero-order valence-electron chi connectivity index (χ0n) is 12.5. The molecule has 1 heterocycles. The van der Waals surface area contributed by atoms with Crippen molar-refractivity contribution >= 4 is 34.0 Å². The third-order valence-corrected chi connectivity index (χ3v) is 4.32. The predicted octanol–water partition coefficient (Wildman–Crippen LogP) is 5.73. The van der Waals surface area contributed by atoms with Gasteiger partial charge >= 0.3 is 6.18 Å². The normalized spacial score (nSPS) is 11.4. The molecule has 0 saturated carbocycles. The smallest absolute Gasteiger partial charge is 0.298 e. The SMILES string of the molecule is O=C(Nc1nc(C(F)(F)F)cs1)c1ccccc1-c1cccc(Cl)c1. The number of hydrogen-bond donors (Lipinski definition) is 1. The van der Waals surface area contributed by atoms with E-state index in [1.807, 2.05) is 0 Å². The van der Waals surface area contributed by atoms with Crippen molar-refractivity contribution in [2.45, 2.75) is 6.18 Å². The summed E-state index contributed by atoms with van der Waals surface area (Å²) < 4.78 is 37.8. The third-order valence-electron chi connectivity index (χ3n) is 3.32. The number of hydrogen-bond acceptors (Lipinski definition) is 3. The van der Waals surface area contributed by atoms with Crippen LogP contribution in [0.5, 0.6) is 0 Å². The Labute approximate surface area is 150 Å². The maximum atomic E-state index is 12.6. The Hall–Kier alpha value is -2.38. The molecule has 25 heavy (non-hydrogen) atoms. The number of rotatable bonds is 3. The number of anilines is 1. The monoisotopic (exact) mass is 382 g/mol. The first kappa shape index (κ1) is 17.4. The van der Waals surface area contributed by atoms with Crippen LogP contribution in [0.3, 0.4) is 0 Å². The summed E-state index contributed by atoms with van der Waals surface area (Å²) in [6.07, 6.45) is -4.54. The Balaban J connectivity index is 1.90. The Morgan fingerprint density at radius 1 is 1.12 bits per heavy atom. The molecule has 3 nitrogen and oxygen atoms in total. The van der Waals surface area contributed by atoms with E-state index in [-0.39, 0.29) is 5.13 Å². The molecule has 0 aliphatic carbocycles. The lowest BCUT2D eigenvalue weighted by atomic mass is 9.99. The molecule has 1 amide bonds. The highest BCUT2D eigenvalue weighted by Crippen LogP contribution is 2.32. The van der Waals surface area contributed by atoms with Crippen LogP contribution >= 0.6 is 22.9 Å². The van der Waals surface area contributed by atoms with Crippen LogP contribution in [0.15, 0.2) is 53.9 Å². The van der Waals surface area contributed by atoms with E-state index in [2.05, 4.69) is 10.3 Å². The van der Waals surface area contributed by atoms with Crippen LogP contribution in [0.1, 0.15) is 16.1 Å². The van der Waals surface area contributed by atoms with Crippen LogP contribution in [-0.2, 0) is 6.18 Å². The van der Waals surface area contributed by atoms with Gasteiger partial charge in [0.1, 0.15) is 0 Å². The molecule has 1 aromatic heterocycles. The first-order chi connectivity index (χ1) is 11.8. The van der Waals surface area contributed by atoms with Gasteiger partial charge in [0, 0.05) is 16.0 Å². The van der Waals surface area contributed by atoms with Gasteiger partial charge in [-0.05, 0) is 29.3 Å². The molecule has 2 aromatic carbocycles. The molecule has 0 unspecified atom stereocenters. The van der Waals surface area contributed by atoms with Crippen LogP contribution in [0.25, 0.3) is 11.1 Å². The van der Waals surface area contributed by atoms with Gasteiger partial charge in [0.25, 0.3) is 5.91 Å². The van der Waals surface area contributed by atoms with Crippen molar-refractivity contribution < 1.29 is 18.0 Å². The van der Waals surface area contributed by atoms with E-state index in [1.165, 1.54) is 0 Å². The summed E-state index contributed by atoms with van der Waals surface area (Å²) in [5.74, 6) is -0.543. The number of alkyl halides is 3. The van der Waals surface area contributed by atoms with Gasteiger partial charge in [-0.15, -0.1) is 11.3 Å². The minimum atomic E-state index is -4.54. The van der Waals surface area contributed by atoms with Gasteiger partial charge in [-0.1, -0.05) is 41.9 Å². The van der Waals surface area contributed by atoms with Gasteiger partial charge in [-0.2, -0.15) is 13.2 Å². The number of carbonyl (C=O) groups is 1. The quantitative estimate of drug-likeness (QED) is 0.628. The van der Waals surface area contributed by atoms with Gasteiger partial charge in [-0.3, -0.25) is 10.1 Å². The highest BCUT2D eigenvalue weighted by Gasteiger charge is 2.34. The number of nitrogens with one attached hydrogen (secondary N) is 1. The molecular formula is C17H10ClF3N2OS. The molecule has 0 fully saturated rings. The molecule has 1 N–H and O–H groups in total. The Morgan fingerprint density at radius 2 is 1.88 bits per heavy atom. The maximum absolute atomic E-state index is 12.6. The van der Waals surface area contributed by atoms with E-state index >= 15 is 0 Å². The second-order valence-corrected chi connectivity index (χ2v) is 6.34. The number of thiazole rings is 1. The van der Waals surface area contributed by atoms with Crippen molar-refractivity contribution in [1.82, 2.24) is 4.98 Å². The van der Waals surface area contributed by atoms with E-state index in [1.54, 1.807) is 48.5 Å². The van der Waals surface area contributed by atoms with Crippen LogP contribution in [0.4, 0.5) is 18.3 Å². The number of aromatic nitrogens is 1. The van der Waals surface area contributed by atoms with Crippen LogP contribution in [0, 0.1) is 0 Å². The molecule has 0 radical (unpaired) electrons. The Morgan fingerprint density at radius 3 is 2.56 bits per heavy atom. The summed E-state index contributed by atoms with van der Waals surface area (Å²) in [5, 5.41) is 3.67. The lowest BCUT2D eigenvalue weighted by Gasteiger charge is -2.09. The molecule has 3 aromatic rings. The molecule has 0 bridgehead atoms. The largest absolute Gasteiger partial charge is 0.434 e. The van der Waals surface area contributed by atoms with Gasteiger partial charge in [-0.25, -0.2) is 4.98 Å². The third kappa shape index (κ3) is 4.00. The van der Waals surface area contributed by atoms with Crippen molar-refractivity contribution in [2.24, 2.45) is 0 Å². The van der Waals surface area contributed by atoms with Crippen molar-refractivity contribution in [2.75, 3.05) is 5.32 Å². The fourth-order valence-electron chi connectivity index (χ4n) is 2.21. The highest BCUT2D eigenvalue weighted by molar-refractivity contribution is 7.14. The molecule has 0 aliphatic rings. The number of carbonyl (C=O) groups excluding carboxylic acids is 1. The van der Waals surface area contributed by atoms with Crippen molar-refractivity contribution in [1.29, 1.82) is 0 Å². The van der Waals surface area contributed by atoms with Crippen molar-refractivity contribution in [3.8, 4) is 11.1 Å². The summed E-state index contributed by atoms with van der Waals surface area (Å²) in [4.78, 5) is 15.9. The van der Waals surface area contributed by atoms with Gasteiger partial charge in [0.05, 0.1) is 0 Å². The van der Waals surface area contributed by atoms with Crippen molar-refractivity contribution in [3.63, 3.8) is 0 Å². The van der Waals surface area contributed by atoms with Gasteiger partial charge in [0.15, 0.2) is 10.8 Å². The fraction of sp³-hybridized carbons (Fsp3) is 0.0588. The molecule has 0 spiro atoms. The first-order valence-corrected chi connectivity index (χ1v) is 8.29. The zero-order valence-corrected chi connectivity index (χ0v) is 14.0. The predicted molar refractivity (Wildman–Crippen MR) is 92.0 cm³/mol.